The van der Waals surface area contributed by atoms with Crippen LogP contribution in [0.15, 0.2) is 58.4 Å². The second-order valence-corrected chi connectivity index (χ2v) is 8.54. The van der Waals surface area contributed by atoms with Crippen LogP contribution >= 0.6 is 39.3 Å². The number of ether oxygens (including phenoxy) is 2. The van der Waals surface area contributed by atoms with Gasteiger partial charge in [-0.05, 0) is 76.1 Å². The standard InChI is InChI=1S/C22H19BrClNO4S/c1-3-9-25-21(26)19(30-22(25)27)12-15-10-17(23)20(18(11-15)28-4-2)29-13-14-5-7-16(24)8-6-14/h3,5-8,10-12H,1,4,9,13H2,2H3/b19-12+. The van der Waals surface area contributed by atoms with Crippen LogP contribution in [0.1, 0.15) is 18.1 Å². The molecule has 2 aromatic carbocycles. The number of nitrogens with zero attached hydrogens (tertiary/aromatic N) is 1. The lowest BCUT2D eigenvalue weighted by atomic mass is 10.1. The summed E-state index contributed by atoms with van der Waals surface area (Å²) in [6.45, 7) is 6.44. The summed E-state index contributed by atoms with van der Waals surface area (Å²) in [5.74, 6) is 0.767. The van der Waals surface area contributed by atoms with Gasteiger partial charge in [0.15, 0.2) is 11.5 Å². The number of imide groups is 1. The second-order valence-electron chi connectivity index (χ2n) is 6.26. The van der Waals surface area contributed by atoms with Crippen LogP contribution in [-0.4, -0.2) is 29.2 Å². The van der Waals surface area contributed by atoms with Crippen molar-refractivity contribution in [1.82, 2.24) is 4.90 Å². The van der Waals surface area contributed by atoms with Crippen molar-refractivity contribution in [1.29, 1.82) is 0 Å². The summed E-state index contributed by atoms with van der Waals surface area (Å²) in [6.07, 6.45) is 3.19. The molecule has 1 aliphatic heterocycles. The van der Waals surface area contributed by atoms with Crippen LogP contribution in [-0.2, 0) is 11.4 Å². The highest BCUT2D eigenvalue weighted by atomic mass is 79.9. The molecule has 156 valence electrons. The van der Waals surface area contributed by atoms with E-state index in [1.165, 1.54) is 6.08 Å². The van der Waals surface area contributed by atoms with Gasteiger partial charge in [0.2, 0.25) is 0 Å². The summed E-state index contributed by atoms with van der Waals surface area (Å²) >= 11 is 10.4. The number of rotatable bonds is 8. The average molecular weight is 509 g/mol. The fourth-order valence-corrected chi connectivity index (χ4v) is 4.30. The van der Waals surface area contributed by atoms with E-state index in [1.807, 2.05) is 25.1 Å². The van der Waals surface area contributed by atoms with Crippen LogP contribution in [0, 0.1) is 0 Å². The smallest absolute Gasteiger partial charge is 0.293 e. The zero-order chi connectivity index (χ0) is 21.7. The molecule has 0 bridgehead atoms. The van der Waals surface area contributed by atoms with E-state index < -0.39 is 0 Å². The molecule has 0 atom stereocenters. The van der Waals surface area contributed by atoms with Crippen LogP contribution in [0.5, 0.6) is 11.5 Å². The van der Waals surface area contributed by atoms with E-state index in [2.05, 4.69) is 22.5 Å². The minimum absolute atomic E-state index is 0.188. The Bertz CT molecular complexity index is 1010. The van der Waals surface area contributed by atoms with Crippen molar-refractivity contribution in [3.05, 3.63) is 74.6 Å². The highest BCUT2D eigenvalue weighted by Gasteiger charge is 2.34. The molecule has 30 heavy (non-hydrogen) atoms. The van der Waals surface area contributed by atoms with E-state index in [0.717, 1.165) is 22.2 Å². The first-order valence-electron chi connectivity index (χ1n) is 9.12. The minimum Gasteiger partial charge on any atom is -0.490 e. The van der Waals surface area contributed by atoms with Crippen LogP contribution in [0.2, 0.25) is 5.02 Å². The Kier molecular flexibility index (Phi) is 7.64. The van der Waals surface area contributed by atoms with Crippen molar-refractivity contribution in [2.45, 2.75) is 13.5 Å². The lowest BCUT2D eigenvalue weighted by Crippen LogP contribution is -2.27. The molecule has 0 aromatic heterocycles. The maximum absolute atomic E-state index is 12.4. The predicted octanol–water partition coefficient (Wildman–Crippen LogP) is 6.30. The monoisotopic (exact) mass is 507 g/mol. The Morgan fingerprint density at radius 2 is 1.93 bits per heavy atom. The lowest BCUT2D eigenvalue weighted by Gasteiger charge is -2.15. The summed E-state index contributed by atoms with van der Waals surface area (Å²) in [4.78, 5) is 26.0. The molecule has 0 spiro atoms. The predicted molar refractivity (Wildman–Crippen MR) is 124 cm³/mol. The van der Waals surface area contributed by atoms with Crippen molar-refractivity contribution in [3.63, 3.8) is 0 Å². The SMILES string of the molecule is C=CCN1C(=O)S/C(=C/c2cc(Br)c(OCc3ccc(Cl)cc3)c(OCC)c2)C1=O. The maximum atomic E-state index is 12.4. The van der Waals surface area contributed by atoms with E-state index in [0.29, 0.717) is 44.7 Å². The van der Waals surface area contributed by atoms with Gasteiger partial charge in [-0.2, -0.15) is 0 Å². The number of hydrogen-bond acceptors (Lipinski definition) is 5. The molecule has 2 aromatic rings. The summed E-state index contributed by atoms with van der Waals surface area (Å²) in [5, 5.41) is 0.356. The molecule has 0 aliphatic carbocycles. The summed E-state index contributed by atoms with van der Waals surface area (Å²) < 4.78 is 12.4. The molecule has 0 N–H and O–H groups in total. The molecular weight excluding hydrogens is 490 g/mol. The van der Waals surface area contributed by atoms with Gasteiger partial charge in [0, 0.05) is 11.6 Å². The Labute approximate surface area is 192 Å². The van der Waals surface area contributed by atoms with Gasteiger partial charge in [-0.1, -0.05) is 29.8 Å². The van der Waals surface area contributed by atoms with E-state index in [9.17, 15) is 9.59 Å². The fourth-order valence-electron chi connectivity index (χ4n) is 2.75. The number of thioether (sulfide) groups is 1. The highest BCUT2D eigenvalue weighted by Crippen LogP contribution is 2.39. The minimum atomic E-state index is -0.331. The van der Waals surface area contributed by atoms with Gasteiger partial charge in [0.25, 0.3) is 11.1 Å². The third-order valence-electron chi connectivity index (χ3n) is 4.11. The molecule has 5 nitrogen and oxygen atoms in total. The van der Waals surface area contributed by atoms with Gasteiger partial charge in [-0.3, -0.25) is 14.5 Å². The van der Waals surface area contributed by atoms with Crippen LogP contribution < -0.4 is 9.47 Å². The van der Waals surface area contributed by atoms with Crippen molar-refractivity contribution in [3.8, 4) is 11.5 Å². The molecular formula is C22H19BrClNO4S. The van der Waals surface area contributed by atoms with Crippen LogP contribution in [0.3, 0.4) is 0 Å². The topological polar surface area (TPSA) is 55.8 Å². The van der Waals surface area contributed by atoms with Crippen molar-refractivity contribution < 1.29 is 19.1 Å². The summed E-state index contributed by atoms with van der Waals surface area (Å²) in [5.41, 5.74) is 1.68. The first-order valence-corrected chi connectivity index (χ1v) is 11.1. The van der Waals surface area contributed by atoms with Gasteiger partial charge >= 0.3 is 0 Å². The molecule has 1 heterocycles. The number of halogens is 2. The zero-order valence-corrected chi connectivity index (χ0v) is 19.4. The molecule has 1 saturated heterocycles. The molecule has 0 radical (unpaired) electrons. The highest BCUT2D eigenvalue weighted by molar-refractivity contribution is 9.10. The normalized spacial score (nSPS) is 15.0. The molecule has 1 aliphatic rings. The lowest BCUT2D eigenvalue weighted by molar-refractivity contribution is -0.122. The molecule has 1 fully saturated rings. The second kappa shape index (κ2) is 10.2. The van der Waals surface area contributed by atoms with E-state index >= 15 is 0 Å². The zero-order valence-electron chi connectivity index (χ0n) is 16.2. The summed E-state index contributed by atoms with van der Waals surface area (Å²) in [7, 11) is 0. The molecule has 2 amide bonds. The Morgan fingerprint density at radius 3 is 2.60 bits per heavy atom. The third kappa shape index (κ3) is 5.28. The Morgan fingerprint density at radius 1 is 1.20 bits per heavy atom. The van der Waals surface area contributed by atoms with Gasteiger partial charge in [0.05, 0.1) is 16.0 Å². The van der Waals surface area contributed by atoms with Gasteiger partial charge in [-0.15, -0.1) is 6.58 Å². The first kappa shape index (κ1) is 22.5. The molecule has 3 rings (SSSR count). The van der Waals surface area contributed by atoms with Gasteiger partial charge in [0.1, 0.15) is 6.61 Å². The fraction of sp³-hybridized carbons (Fsp3) is 0.182. The molecule has 0 unspecified atom stereocenters. The number of carbonyl (C=O) groups is 2. The quantitative estimate of drug-likeness (QED) is 0.309. The van der Waals surface area contributed by atoms with Crippen molar-refractivity contribution >= 4 is 56.5 Å². The Balaban J connectivity index is 1.85. The van der Waals surface area contributed by atoms with Crippen molar-refractivity contribution in [2.75, 3.05) is 13.2 Å². The first-order chi connectivity index (χ1) is 14.4. The summed E-state index contributed by atoms with van der Waals surface area (Å²) in [6, 6.07) is 11.0. The van der Waals surface area contributed by atoms with E-state index in [4.69, 9.17) is 21.1 Å². The average Bonchev–Trinajstić information content (AvgIpc) is 2.97. The van der Waals surface area contributed by atoms with Crippen LogP contribution in [0.4, 0.5) is 4.79 Å². The number of amides is 2. The Hall–Kier alpha value is -2.22. The number of benzene rings is 2. The number of carbonyl (C=O) groups excluding carboxylic acids is 2. The molecule has 8 heteroatoms. The largest absolute Gasteiger partial charge is 0.490 e. The maximum Gasteiger partial charge on any atom is 0.293 e. The number of hydrogen-bond donors (Lipinski definition) is 0. The van der Waals surface area contributed by atoms with Crippen LogP contribution in [0.25, 0.3) is 6.08 Å². The van der Waals surface area contributed by atoms with E-state index in [-0.39, 0.29) is 17.7 Å². The van der Waals surface area contributed by atoms with Gasteiger partial charge in [-0.25, -0.2) is 0 Å². The van der Waals surface area contributed by atoms with Crippen molar-refractivity contribution in [2.24, 2.45) is 0 Å². The van der Waals surface area contributed by atoms with Gasteiger partial charge < -0.3 is 9.47 Å². The van der Waals surface area contributed by atoms with E-state index in [1.54, 1.807) is 24.3 Å². The third-order valence-corrected chi connectivity index (χ3v) is 5.86. The molecule has 0 saturated carbocycles.